The molecule has 2 unspecified atom stereocenters. The molecule has 2 heteroatoms. The van der Waals surface area contributed by atoms with E-state index in [-0.39, 0.29) is 0 Å². The lowest BCUT2D eigenvalue weighted by Gasteiger charge is -2.19. The Balaban J connectivity index is 2.13. The van der Waals surface area contributed by atoms with E-state index in [1.54, 1.807) is 0 Å². The quantitative estimate of drug-likeness (QED) is 0.491. The number of likely N-dealkylation sites (tertiary alicyclic amines) is 1. The third-order valence-corrected chi connectivity index (χ3v) is 2.75. The standard InChI is InChI=1S/C8H13NO/c1-9-5-6-2-7(9)4-8(10)3-6/h6-7H,2-5H2,1H3. The van der Waals surface area contributed by atoms with Crippen LogP contribution in [0.25, 0.3) is 0 Å². The minimum Gasteiger partial charge on any atom is -0.303 e. The van der Waals surface area contributed by atoms with E-state index in [4.69, 9.17) is 0 Å². The van der Waals surface area contributed by atoms with Crippen molar-refractivity contribution in [2.45, 2.75) is 25.3 Å². The lowest BCUT2D eigenvalue weighted by molar-refractivity contribution is -0.121. The highest BCUT2D eigenvalue weighted by molar-refractivity contribution is 5.80. The Morgan fingerprint density at radius 1 is 1.50 bits per heavy atom. The second-order valence-electron chi connectivity index (χ2n) is 3.64. The van der Waals surface area contributed by atoms with Gasteiger partial charge in [0.15, 0.2) is 0 Å². The number of rotatable bonds is 0. The third-order valence-electron chi connectivity index (χ3n) is 2.75. The lowest BCUT2D eigenvalue weighted by atomic mass is 9.89. The van der Waals surface area contributed by atoms with Gasteiger partial charge < -0.3 is 4.90 Å². The molecule has 2 aliphatic rings. The van der Waals surface area contributed by atoms with Crippen LogP contribution in [0.5, 0.6) is 0 Å². The van der Waals surface area contributed by atoms with Gasteiger partial charge in [-0.3, -0.25) is 4.79 Å². The van der Waals surface area contributed by atoms with Gasteiger partial charge in [0.25, 0.3) is 0 Å². The van der Waals surface area contributed by atoms with Gasteiger partial charge >= 0.3 is 0 Å². The predicted molar refractivity (Wildman–Crippen MR) is 38.8 cm³/mol. The normalized spacial score (nSPS) is 40.7. The second-order valence-corrected chi connectivity index (χ2v) is 3.64. The van der Waals surface area contributed by atoms with Crippen LogP contribution in [-0.4, -0.2) is 30.3 Å². The van der Waals surface area contributed by atoms with Crippen LogP contribution in [0.2, 0.25) is 0 Å². The van der Waals surface area contributed by atoms with E-state index in [1.807, 2.05) is 0 Å². The zero-order valence-corrected chi connectivity index (χ0v) is 6.34. The van der Waals surface area contributed by atoms with Crippen LogP contribution in [0.1, 0.15) is 19.3 Å². The molecule has 2 fully saturated rings. The Kier molecular flexibility index (Phi) is 1.31. The fraction of sp³-hybridized carbons (Fsp3) is 0.875. The van der Waals surface area contributed by atoms with Crippen molar-refractivity contribution in [3.8, 4) is 0 Å². The molecule has 1 aliphatic heterocycles. The van der Waals surface area contributed by atoms with E-state index < -0.39 is 0 Å². The van der Waals surface area contributed by atoms with Crippen molar-refractivity contribution in [3.63, 3.8) is 0 Å². The number of ketones is 1. The molecule has 56 valence electrons. The van der Waals surface area contributed by atoms with Gasteiger partial charge in [-0.25, -0.2) is 0 Å². The van der Waals surface area contributed by atoms with Crippen molar-refractivity contribution in [1.82, 2.24) is 4.90 Å². The fourth-order valence-corrected chi connectivity index (χ4v) is 2.25. The van der Waals surface area contributed by atoms with E-state index >= 15 is 0 Å². The van der Waals surface area contributed by atoms with Crippen LogP contribution < -0.4 is 0 Å². The maximum absolute atomic E-state index is 11.0. The maximum atomic E-state index is 11.0. The molecule has 0 amide bonds. The SMILES string of the molecule is CN1CC2CC(=O)CC1C2. The summed E-state index contributed by atoms with van der Waals surface area (Å²) in [4.78, 5) is 13.4. The highest BCUT2D eigenvalue weighted by Crippen LogP contribution is 2.32. The molecule has 2 bridgehead atoms. The molecule has 2 rings (SSSR count). The van der Waals surface area contributed by atoms with Gasteiger partial charge in [-0.05, 0) is 19.4 Å². The Hall–Kier alpha value is -0.370. The molecule has 0 aromatic carbocycles. The highest BCUT2D eigenvalue weighted by atomic mass is 16.1. The number of hydrogen-bond acceptors (Lipinski definition) is 2. The number of nitrogens with zero attached hydrogens (tertiary/aromatic N) is 1. The molecule has 0 spiro atoms. The van der Waals surface area contributed by atoms with Crippen molar-refractivity contribution in [2.75, 3.05) is 13.6 Å². The van der Waals surface area contributed by atoms with Gasteiger partial charge in [0, 0.05) is 25.4 Å². The van der Waals surface area contributed by atoms with Crippen molar-refractivity contribution in [2.24, 2.45) is 5.92 Å². The molecule has 0 radical (unpaired) electrons. The molecule has 2 atom stereocenters. The zero-order chi connectivity index (χ0) is 7.14. The van der Waals surface area contributed by atoms with E-state index in [9.17, 15) is 4.79 Å². The molecule has 0 aromatic rings. The summed E-state index contributed by atoms with van der Waals surface area (Å²) in [5.74, 6) is 1.17. The maximum Gasteiger partial charge on any atom is 0.134 e. The molecule has 1 saturated heterocycles. The topological polar surface area (TPSA) is 20.3 Å². The molecular formula is C8H13NO. The average Bonchev–Trinajstić information content (AvgIpc) is 2.07. The van der Waals surface area contributed by atoms with Crippen molar-refractivity contribution in [3.05, 3.63) is 0 Å². The molecule has 0 N–H and O–H groups in total. The third kappa shape index (κ3) is 0.870. The average molecular weight is 139 g/mol. The Bertz CT molecular complexity index is 165. The molecule has 1 saturated carbocycles. The minimum atomic E-state index is 0.477. The first kappa shape index (κ1) is 6.35. The predicted octanol–water partition coefficient (Wildman–Crippen LogP) is 0.670. The van der Waals surface area contributed by atoms with Crippen LogP contribution in [0.4, 0.5) is 0 Å². The van der Waals surface area contributed by atoms with Gasteiger partial charge in [0.05, 0.1) is 0 Å². The Morgan fingerprint density at radius 2 is 2.30 bits per heavy atom. The van der Waals surface area contributed by atoms with Gasteiger partial charge in [-0.15, -0.1) is 0 Å². The van der Waals surface area contributed by atoms with E-state index in [0.29, 0.717) is 17.7 Å². The summed E-state index contributed by atoms with van der Waals surface area (Å²) in [5.41, 5.74) is 0. The summed E-state index contributed by atoms with van der Waals surface area (Å²) in [5, 5.41) is 0. The second kappa shape index (κ2) is 2.06. The summed E-state index contributed by atoms with van der Waals surface area (Å²) in [7, 11) is 2.13. The number of hydrogen-bond donors (Lipinski definition) is 0. The van der Waals surface area contributed by atoms with E-state index in [1.165, 1.54) is 6.42 Å². The van der Waals surface area contributed by atoms with Crippen LogP contribution in [0, 0.1) is 5.92 Å². The summed E-state index contributed by atoms with van der Waals surface area (Å²) in [6.07, 6.45) is 2.93. The minimum absolute atomic E-state index is 0.477. The summed E-state index contributed by atoms with van der Waals surface area (Å²) >= 11 is 0. The number of Topliss-reactive ketones (excluding diaryl/α,β-unsaturated/α-hetero) is 1. The van der Waals surface area contributed by atoms with Gasteiger partial charge in [-0.1, -0.05) is 0 Å². The largest absolute Gasteiger partial charge is 0.303 e. The summed E-state index contributed by atoms with van der Waals surface area (Å²) in [6, 6.07) is 0.589. The monoisotopic (exact) mass is 139 g/mol. The number of carbonyl (C=O) groups excluding carboxylic acids is 1. The Morgan fingerprint density at radius 3 is 3.00 bits per heavy atom. The molecule has 10 heavy (non-hydrogen) atoms. The van der Waals surface area contributed by atoms with E-state index in [0.717, 1.165) is 19.4 Å². The molecular weight excluding hydrogens is 126 g/mol. The van der Waals surface area contributed by atoms with Crippen LogP contribution in [0.15, 0.2) is 0 Å². The molecule has 2 nitrogen and oxygen atoms in total. The molecule has 1 aliphatic carbocycles. The summed E-state index contributed by atoms with van der Waals surface area (Å²) in [6.45, 7) is 1.15. The van der Waals surface area contributed by atoms with Crippen molar-refractivity contribution >= 4 is 5.78 Å². The zero-order valence-electron chi connectivity index (χ0n) is 6.34. The smallest absolute Gasteiger partial charge is 0.134 e. The Labute approximate surface area is 61.2 Å². The summed E-state index contributed by atoms with van der Waals surface area (Å²) < 4.78 is 0. The molecule has 1 heterocycles. The first-order valence-electron chi connectivity index (χ1n) is 3.97. The van der Waals surface area contributed by atoms with Crippen molar-refractivity contribution < 1.29 is 4.79 Å². The first-order chi connectivity index (χ1) is 4.75. The van der Waals surface area contributed by atoms with Crippen LogP contribution in [-0.2, 0) is 4.79 Å². The molecule has 0 aromatic heterocycles. The fourth-order valence-electron chi connectivity index (χ4n) is 2.25. The van der Waals surface area contributed by atoms with Crippen molar-refractivity contribution in [1.29, 1.82) is 0 Å². The van der Waals surface area contributed by atoms with Gasteiger partial charge in [0.2, 0.25) is 0 Å². The van der Waals surface area contributed by atoms with Crippen LogP contribution >= 0.6 is 0 Å². The van der Waals surface area contributed by atoms with E-state index in [2.05, 4.69) is 11.9 Å². The van der Waals surface area contributed by atoms with Gasteiger partial charge in [0.1, 0.15) is 5.78 Å². The first-order valence-corrected chi connectivity index (χ1v) is 3.97. The van der Waals surface area contributed by atoms with Crippen LogP contribution in [0.3, 0.4) is 0 Å². The van der Waals surface area contributed by atoms with Gasteiger partial charge in [-0.2, -0.15) is 0 Å². The number of fused-ring (bicyclic) bond motifs is 2. The number of carbonyl (C=O) groups is 1. The lowest BCUT2D eigenvalue weighted by Crippen LogP contribution is -2.26. The highest BCUT2D eigenvalue weighted by Gasteiger charge is 2.36.